The van der Waals surface area contributed by atoms with Crippen molar-refractivity contribution in [2.75, 3.05) is 26.4 Å². The molecule has 2 rings (SSSR count). The standard InChI is InChI=1S/C14H22N2O6/c1-9-10(18)20-6-13(3,15-9)7-21-11(19)14(4)16-12(2,5-17)8-22-14/h16-17H,5-8H2,1-4H3/t12-,13+,14-/m0/s1. The summed E-state index contributed by atoms with van der Waals surface area (Å²) >= 11 is 0. The van der Waals surface area contributed by atoms with Crippen molar-refractivity contribution in [3.8, 4) is 0 Å². The second-order valence-corrected chi connectivity index (χ2v) is 6.51. The van der Waals surface area contributed by atoms with Gasteiger partial charge in [0.05, 0.1) is 18.8 Å². The molecule has 0 aliphatic carbocycles. The molecule has 8 heteroatoms. The summed E-state index contributed by atoms with van der Waals surface area (Å²) in [4.78, 5) is 27.7. The highest BCUT2D eigenvalue weighted by Gasteiger charge is 2.49. The van der Waals surface area contributed by atoms with Crippen molar-refractivity contribution in [2.24, 2.45) is 4.99 Å². The maximum absolute atomic E-state index is 12.3. The van der Waals surface area contributed by atoms with Crippen molar-refractivity contribution >= 4 is 17.7 Å². The number of cyclic esters (lactones) is 1. The number of rotatable bonds is 4. The number of aliphatic hydroxyl groups is 1. The molecule has 124 valence electrons. The van der Waals surface area contributed by atoms with Crippen LogP contribution in [0.25, 0.3) is 0 Å². The van der Waals surface area contributed by atoms with E-state index in [2.05, 4.69) is 10.3 Å². The highest BCUT2D eigenvalue weighted by Crippen LogP contribution is 2.25. The molecule has 0 amide bonds. The molecule has 0 aromatic carbocycles. The molecule has 8 nitrogen and oxygen atoms in total. The topological polar surface area (TPSA) is 106 Å². The van der Waals surface area contributed by atoms with Crippen LogP contribution in [0.15, 0.2) is 4.99 Å². The van der Waals surface area contributed by atoms with Gasteiger partial charge in [-0.3, -0.25) is 10.3 Å². The predicted molar refractivity (Wildman–Crippen MR) is 76.4 cm³/mol. The summed E-state index contributed by atoms with van der Waals surface area (Å²) in [6.45, 7) is 6.64. The van der Waals surface area contributed by atoms with E-state index in [1.807, 2.05) is 0 Å². The molecule has 22 heavy (non-hydrogen) atoms. The van der Waals surface area contributed by atoms with Crippen LogP contribution in [0.4, 0.5) is 0 Å². The van der Waals surface area contributed by atoms with Crippen LogP contribution in [-0.2, 0) is 23.8 Å². The minimum Gasteiger partial charge on any atom is -0.460 e. The number of nitrogens with one attached hydrogen (secondary N) is 1. The molecular formula is C14H22N2O6. The number of ether oxygens (including phenoxy) is 3. The average Bonchev–Trinajstić information content (AvgIpc) is 2.79. The summed E-state index contributed by atoms with van der Waals surface area (Å²) in [6.07, 6.45) is 0. The van der Waals surface area contributed by atoms with Gasteiger partial charge in [-0.25, -0.2) is 9.59 Å². The first-order valence-electron chi connectivity index (χ1n) is 7.06. The highest BCUT2D eigenvalue weighted by atomic mass is 16.6. The zero-order chi connectivity index (χ0) is 16.6. The Bertz CT molecular complexity index is 521. The van der Waals surface area contributed by atoms with E-state index in [-0.39, 0.29) is 32.1 Å². The highest BCUT2D eigenvalue weighted by molar-refractivity contribution is 6.35. The molecule has 0 aromatic rings. The predicted octanol–water partition coefficient (Wildman–Crippen LogP) is -0.607. The van der Waals surface area contributed by atoms with E-state index in [0.29, 0.717) is 0 Å². The van der Waals surface area contributed by atoms with Crippen LogP contribution in [0.3, 0.4) is 0 Å². The smallest absolute Gasteiger partial charge is 0.353 e. The molecule has 3 atom stereocenters. The maximum Gasteiger partial charge on any atom is 0.353 e. The third kappa shape index (κ3) is 3.29. The van der Waals surface area contributed by atoms with Gasteiger partial charge >= 0.3 is 11.9 Å². The van der Waals surface area contributed by atoms with Gasteiger partial charge in [0.25, 0.3) is 0 Å². The third-order valence-electron chi connectivity index (χ3n) is 3.72. The van der Waals surface area contributed by atoms with Gasteiger partial charge in [-0.05, 0) is 27.7 Å². The molecule has 0 unspecified atom stereocenters. The van der Waals surface area contributed by atoms with Crippen molar-refractivity contribution in [2.45, 2.75) is 44.5 Å². The number of aliphatic imine (C=N–C) groups is 1. The van der Waals surface area contributed by atoms with Gasteiger partial charge in [0.15, 0.2) is 0 Å². The Kier molecular flexibility index (Phi) is 4.29. The molecule has 0 bridgehead atoms. The number of carbonyl (C=O) groups is 2. The number of carbonyl (C=O) groups excluding carboxylic acids is 2. The summed E-state index contributed by atoms with van der Waals surface area (Å²) in [7, 11) is 0. The Labute approximate surface area is 128 Å². The van der Waals surface area contributed by atoms with Crippen LogP contribution in [0, 0.1) is 0 Å². The first-order valence-corrected chi connectivity index (χ1v) is 7.06. The Morgan fingerprint density at radius 2 is 2.09 bits per heavy atom. The van der Waals surface area contributed by atoms with E-state index in [9.17, 15) is 14.7 Å². The van der Waals surface area contributed by atoms with E-state index in [1.165, 1.54) is 0 Å². The van der Waals surface area contributed by atoms with E-state index >= 15 is 0 Å². The van der Waals surface area contributed by atoms with Crippen molar-refractivity contribution in [1.29, 1.82) is 0 Å². The lowest BCUT2D eigenvalue weighted by Crippen LogP contribution is -2.55. The van der Waals surface area contributed by atoms with E-state index in [0.717, 1.165) is 0 Å². The molecule has 2 N–H and O–H groups in total. The second-order valence-electron chi connectivity index (χ2n) is 6.51. The Hall–Kier alpha value is -1.51. The second kappa shape index (κ2) is 5.60. The van der Waals surface area contributed by atoms with Crippen LogP contribution in [0.2, 0.25) is 0 Å². The van der Waals surface area contributed by atoms with Gasteiger partial charge in [-0.2, -0.15) is 0 Å². The van der Waals surface area contributed by atoms with Crippen LogP contribution in [-0.4, -0.2) is 66.0 Å². The fourth-order valence-corrected chi connectivity index (χ4v) is 2.39. The van der Waals surface area contributed by atoms with Crippen molar-refractivity contribution in [1.82, 2.24) is 5.32 Å². The molecule has 1 fully saturated rings. The minimum atomic E-state index is -1.32. The Morgan fingerprint density at radius 3 is 2.64 bits per heavy atom. The lowest BCUT2D eigenvalue weighted by molar-refractivity contribution is -0.169. The van der Waals surface area contributed by atoms with E-state index in [1.54, 1.807) is 27.7 Å². The number of esters is 2. The summed E-state index contributed by atoms with van der Waals surface area (Å²) < 4.78 is 15.7. The maximum atomic E-state index is 12.3. The molecular weight excluding hydrogens is 292 g/mol. The van der Waals surface area contributed by atoms with Gasteiger partial charge in [-0.15, -0.1) is 0 Å². The minimum absolute atomic E-state index is 0.0348. The quantitative estimate of drug-likeness (QED) is 0.667. The number of hydrogen-bond acceptors (Lipinski definition) is 8. The zero-order valence-electron chi connectivity index (χ0n) is 13.3. The van der Waals surface area contributed by atoms with Crippen LogP contribution < -0.4 is 5.32 Å². The average molecular weight is 314 g/mol. The van der Waals surface area contributed by atoms with Crippen molar-refractivity contribution in [3.05, 3.63) is 0 Å². The molecule has 2 aliphatic rings. The molecule has 2 aliphatic heterocycles. The lowest BCUT2D eigenvalue weighted by Gasteiger charge is -2.31. The first-order chi connectivity index (χ1) is 10.1. The molecule has 1 saturated heterocycles. The van der Waals surface area contributed by atoms with Crippen LogP contribution in [0.1, 0.15) is 27.7 Å². The van der Waals surface area contributed by atoms with Gasteiger partial charge in [0.2, 0.25) is 5.72 Å². The summed E-state index contributed by atoms with van der Waals surface area (Å²) in [5, 5.41) is 12.2. The molecule has 0 aromatic heterocycles. The van der Waals surface area contributed by atoms with Gasteiger partial charge in [0, 0.05) is 0 Å². The number of aliphatic hydroxyl groups excluding tert-OH is 1. The molecule has 0 saturated carbocycles. The number of nitrogens with zero attached hydrogens (tertiary/aromatic N) is 1. The lowest BCUT2D eigenvalue weighted by atomic mass is 10.0. The fraction of sp³-hybridized carbons (Fsp3) is 0.786. The molecule has 0 radical (unpaired) electrons. The fourth-order valence-electron chi connectivity index (χ4n) is 2.39. The van der Waals surface area contributed by atoms with Gasteiger partial charge in [-0.1, -0.05) is 0 Å². The first kappa shape index (κ1) is 16.9. The SMILES string of the molecule is CC1=N[C@@](C)(COC(=O)[C@@]2(C)N[C@@](C)(CO)CO2)COC1=O. The molecule has 0 spiro atoms. The van der Waals surface area contributed by atoms with E-state index in [4.69, 9.17) is 14.2 Å². The normalized spacial score (nSPS) is 38.4. The zero-order valence-corrected chi connectivity index (χ0v) is 13.3. The largest absolute Gasteiger partial charge is 0.460 e. The Balaban J connectivity index is 1.98. The van der Waals surface area contributed by atoms with Gasteiger partial charge in [0.1, 0.15) is 24.5 Å². The van der Waals surface area contributed by atoms with E-state index < -0.39 is 28.7 Å². The van der Waals surface area contributed by atoms with Crippen LogP contribution in [0.5, 0.6) is 0 Å². The molecule has 2 heterocycles. The Morgan fingerprint density at radius 1 is 1.41 bits per heavy atom. The summed E-state index contributed by atoms with van der Waals surface area (Å²) in [6, 6.07) is 0. The summed E-state index contributed by atoms with van der Waals surface area (Å²) in [5.74, 6) is -1.06. The monoisotopic (exact) mass is 314 g/mol. The van der Waals surface area contributed by atoms with Crippen molar-refractivity contribution in [3.63, 3.8) is 0 Å². The summed E-state index contributed by atoms with van der Waals surface area (Å²) in [5.41, 5.74) is -2.56. The third-order valence-corrected chi connectivity index (χ3v) is 3.72. The van der Waals surface area contributed by atoms with Gasteiger partial charge < -0.3 is 19.3 Å². The number of hydrogen-bond donors (Lipinski definition) is 2. The van der Waals surface area contributed by atoms with Crippen LogP contribution >= 0.6 is 0 Å². The van der Waals surface area contributed by atoms with Crippen molar-refractivity contribution < 1.29 is 28.9 Å².